The van der Waals surface area contributed by atoms with E-state index in [1.807, 2.05) is 0 Å². The zero-order chi connectivity index (χ0) is 12.3. The maximum Gasteiger partial charge on any atom is 0.235 e. The molecule has 0 aromatic heterocycles. The van der Waals surface area contributed by atoms with Gasteiger partial charge in [-0.1, -0.05) is 6.07 Å². The van der Waals surface area contributed by atoms with E-state index in [9.17, 15) is 13.5 Å². The van der Waals surface area contributed by atoms with Gasteiger partial charge < -0.3 is 9.84 Å². The Morgan fingerprint density at radius 2 is 2.00 bits per heavy atom. The van der Waals surface area contributed by atoms with E-state index in [0.29, 0.717) is 0 Å². The molecule has 90 valence electrons. The Labute approximate surface area is 95.1 Å². The van der Waals surface area contributed by atoms with Crippen LogP contribution in [0.1, 0.15) is 13.8 Å². The highest BCUT2D eigenvalue weighted by atomic mass is 32.2. The Morgan fingerprint density at radius 1 is 1.38 bits per heavy atom. The summed E-state index contributed by atoms with van der Waals surface area (Å²) in [5.74, 6) is 0.118. The number of phenolic OH excluding ortho intramolecular Hbond substituents is 1. The molecule has 0 bridgehead atoms. The van der Waals surface area contributed by atoms with Crippen LogP contribution in [-0.2, 0) is 10.0 Å². The molecule has 1 aromatic rings. The van der Waals surface area contributed by atoms with Crippen molar-refractivity contribution in [3.05, 3.63) is 18.2 Å². The number of hydrogen-bond acceptors (Lipinski definition) is 4. The van der Waals surface area contributed by atoms with Gasteiger partial charge in [-0.05, 0) is 26.0 Å². The summed E-state index contributed by atoms with van der Waals surface area (Å²) >= 11 is 0. The lowest BCUT2D eigenvalue weighted by atomic mass is 10.3. The second-order valence-electron chi connectivity index (χ2n) is 3.55. The van der Waals surface area contributed by atoms with Crippen LogP contribution >= 0.6 is 0 Å². The molecular formula is C10H15NO4S. The molecule has 0 aliphatic rings. The van der Waals surface area contributed by atoms with Crippen molar-refractivity contribution < 1.29 is 18.3 Å². The van der Waals surface area contributed by atoms with Crippen LogP contribution in [0.5, 0.6) is 11.5 Å². The lowest BCUT2D eigenvalue weighted by molar-refractivity contribution is 0.411. The summed E-state index contributed by atoms with van der Waals surface area (Å²) in [7, 11) is -2.09. The molecule has 0 fully saturated rings. The highest BCUT2D eigenvalue weighted by Gasteiger charge is 2.19. The van der Waals surface area contributed by atoms with Crippen molar-refractivity contribution in [2.24, 2.45) is 0 Å². The highest BCUT2D eigenvalue weighted by Crippen LogP contribution is 2.34. The normalized spacial score (nSPS) is 11.5. The molecule has 0 aliphatic heterocycles. The Morgan fingerprint density at radius 3 is 2.50 bits per heavy atom. The number of methoxy groups -OCH3 is 1. The number of para-hydroxylation sites is 1. The van der Waals surface area contributed by atoms with Gasteiger partial charge in [-0.3, -0.25) is 4.72 Å². The summed E-state index contributed by atoms with van der Waals surface area (Å²) in [6, 6.07) is 4.53. The van der Waals surface area contributed by atoms with E-state index < -0.39 is 15.3 Å². The highest BCUT2D eigenvalue weighted by molar-refractivity contribution is 7.93. The summed E-state index contributed by atoms with van der Waals surface area (Å²) in [6.07, 6.45) is 0. The van der Waals surface area contributed by atoms with Gasteiger partial charge in [-0.2, -0.15) is 0 Å². The predicted octanol–water partition coefficient (Wildman–Crippen LogP) is 1.55. The van der Waals surface area contributed by atoms with Crippen molar-refractivity contribution in [2.45, 2.75) is 19.1 Å². The zero-order valence-electron chi connectivity index (χ0n) is 9.39. The van der Waals surface area contributed by atoms with Gasteiger partial charge in [0.25, 0.3) is 0 Å². The van der Waals surface area contributed by atoms with Gasteiger partial charge >= 0.3 is 0 Å². The van der Waals surface area contributed by atoms with Gasteiger partial charge in [0.1, 0.15) is 17.2 Å². The summed E-state index contributed by atoms with van der Waals surface area (Å²) < 4.78 is 30.6. The lowest BCUT2D eigenvalue weighted by Gasteiger charge is -2.14. The average molecular weight is 245 g/mol. The number of ether oxygens (including phenoxy) is 1. The van der Waals surface area contributed by atoms with Crippen LogP contribution in [0.2, 0.25) is 0 Å². The minimum atomic E-state index is -3.50. The Bertz CT molecular complexity index is 468. The smallest absolute Gasteiger partial charge is 0.235 e. The van der Waals surface area contributed by atoms with Crippen molar-refractivity contribution in [1.82, 2.24) is 0 Å². The van der Waals surface area contributed by atoms with Crippen molar-refractivity contribution in [2.75, 3.05) is 11.8 Å². The zero-order valence-corrected chi connectivity index (χ0v) is 10.2. The maximum absolute atomic E-state index is 11.6. The maximum atomic E-state index is 11.6. The predicted molar refractivity (Wildman–Crippen MR) is 62.3 cm³/mol. The minimum absolute atomic E-state index is 0.0682. The van der Waals surface area contributed by atoms with Gasteiger partial charge in [0.15, 0.2) is 0 Å². The average Bonchev–Trinajstić information content (AvgIpc) is 2.20. The summed E-state index contributed by atoms with van der Waals surface area (Å²) in [6.45, 7) is 3.10. The number of benzene rings is 1. The number of sulfonamides is 1. The van der Waals surface area contributed by atoms with E-state index in [1.54, 1.807) is 26.0 Å². The Kier molecular flexibility index (Phi) is 3.64. The van der Waals surface area contributed by atoms with Gasteiger partial charge in [-0.15, -0.1) is 0 Å². The van der Waals surface area contributed by atoms with Crippen molar-refractivity contribution >= 4 is 15.7 Å². The van der Waals surface area contributed by atoms with Crippen LogP contribution in [-0.4, -0.2) is 25.9 Å². The van der Waals surface area contributed by atoms with Crippen LogP contribution < -0.4 is 9.46 Å². The third-order valence-corrected chi connectivity index (χ3v) is 3.82. The molecular weight excluding hydrogens is 230 g/mol. The molecule has 0 amide bonds. The molecule has 6 heteroatoms. The molecule has 1 rings (SSSR count). The number of phenols is 1. The molecule has 2 N–H and O–H groups in total. The summed E-state index contributed by atoms with van der Waals surface area (Å²) in [5, 5.41) is 8.97. The molecule has 0 saturated carbocycles. The largest absolute Gasteiger partial charge is 0.506 e. The fourth-order valence-corrected chi connectivity index (χ4v) is 1.78. The lowest BCUT2D eigenvalue weighted by Crippen LogP contribution is -2.22. The second kappa shape index (κ2) is 4.61. The molecule has 5 nitrogen and oxygen atoms in total. The van der Waals surface area contributed by atoms with E-state index in [1.165, 1.54) is 13.2 Å². The monoisotopic (exact) mass is 245 g/mol. The first kappa shape index (κ1) is 12.6. The van der Waals surface area contributed by atoms with Crippen molar-refractivity contribution in [3.8, 4) is 11.5 Å². The van der Waals surface area contributed by atoms with E-state index in [2.05, 4.69) is 4.72 Å². The summed E-state index contributed by atoms with van der Waals surface area (Å²) in [4.78, 5) is 0. The molecule has 0 radical (unpaired) electrons. The van der Waals surface area contributed by atoms with E-state index in [4.69, 9.17) is 4.74 Å². The first-order valence-electron chi connectivity index (χ1n) is 4.76. The standard InChI is InChI=1S/C10H15NO4S/c1-7(2)16(13,14)11-10-8(12)5-4-6-9(10)15-3/h4-7,11-12H,1-3H3. The fourth-order valence-electron chi connectivity index (χ4n) is 1.05. The van der Waals surface area contributed by atoms with E-state index in [0.717, 1.165) is 0 Å². The van der Waals surface area contributed by atoms with E-state index >= 15 is 0 Å². The third-order valence-electron chi connectivity index (χ3n) is 2.09. The van der Waals surface area contributed by atoms with Crippen molar-refractivity contribution in [1.29, 1.82) is 0 Å². The second-order valence-corrected chi connectivity index (χ2v) is 5.79. The number of anilines is 1. The van der Waals surface area contributed by atoms with Gasteiger partial charge in [-0.25, -0.2) is 8.42 Å². The Hall–Kier alpha value is -1.43. The SMILES string of the molecule is COc1cccc(O)c1NS(=O)(=O)C(C)C. The van der Waals surface area contributed by atoms with Gasteiger partial charge in [0, 0.05) is 0 Å². The van der Waals surface area contributed by atoms with Crippen LogP contribution in [0, 0.1) is 0 Å². The molecule has 0 unspecified atom stereocenters. The van der Waals surface area contributed by atoms with Crippen LogP contribution in [0.3, 0.4) is 0 Å². The summed E-state index contributed by atoms with van der Waals surface area (Å²) in [5.41, 5.74) is 0.0682. The van der Waals surface area contributed by atoms with Crippen molar-refractivity contribution in [3.63, 3.8) is 0 Å². The fraction of sp³-hybridized carbons (Fsp3) is 0.400. The molecule has 0 atom stereocenters. The van der Waals surface area contributed by atoms with Crippen LogP contribution in [0.25, 0.3) is 0 Å². The topological polar surface area (TPSA) is 75.6 Å². The first-order chi connectivity index (χ1) is 7.38. The van der Waals surface area contributed by atoms with E-state index in [-0.39, 0.29) is 17.2 Å². The number of rotatable bonds is 4. The first-order valence-corrected chi connectivity index (χ1v) is 6.30. The minimum Gasteiger partial charge on any atom is -0.506 e. The Balaban J connectivity index is 3.15. The molecule has 0 aliphatic carbocycles. The quantitative estimate of drug-likeness (QED) is 0.789. The number of nitrogens with one attached hydrogen (secondary N) is 1. The molecule has 16 heavy (non-hydrogen) atoms. The van der Waals surface area contributed by atoms with Crippen LogP contribution in [0.15, 0.2) is 18.2 Å². The molecule has 0 saturated heterocycles. The number of aromatic hydroxyl groups is 1. The number of hydrogen-bond donors (Lipinski definition) is 2. The molecule has 1 aromatic carbocycles. The molecule has 0 spiro atoms. The molecule has 0 heterocycles. The van der Waals surface area contributed by atoms with Gasteiger partial charge in [0.05, 0.1) is 12.4 Å². The van der Waals surface area contributed by atoms with Crippen LogP contribution in [0.4, 0.5) is 5.69 Å². The third kappa shape index (κ3) is 2.57. The van der Waals surface area contributed by atoms with Gasteiger partial charge in [0.2, 0.25) is 10.0 Å².